The van der Waals surface area contributed by atoms with Crippen LogP contribution >= 0.6 is 0 Å². The molecule has 2 fully saturated rings. The molecule has 0 spiro atoms. The van der Waals surface area contributed by atoms with Crippen molar-refractivity contribution in [2.24, 2.45) is 0 Å². The Morgan fingerprint density at radius 1 is 0.829 bits per heavy atom. The van der Waals surface area contributed by atoms with Crippen molar-refractivity contribution in [1.82, 2.24) is 10.3 Å². The van der Waals surface area contributed by atoms with Gasteiger partial charge in [0, 0.05) is 11.6 Å². The van der Waals surface area contributed by atoms with Crippen molar-refractivity contribution in [2.75, 3.05) is 6.61 Å². The van der Waals surface area contributed by atoms with Crippen LogP contribution in [0.4, 0.5) is 0 Å². The van der Waals surface area contributed by atoms with E-state index in [0.717, 1.165) is 16.7 Å². The Labute approximate surface area is 245 Å². The first kappa shape index (κ1) is 29.7. The minimum Gasteiger partial charge on any atom is -0.473 e. The Morgan fingerprint density at radius 3 is 2.02 bits per heavy atom. The molecule has 3 heterocycles. The third-order valence-corrected chi connectivity index (χ3v) is 12.9. The van der Waals surface area contributed by atoms with Crippen molar-refractivity contribution < 1.29 is 23.4 Å². The van der Waals surface area contributed by atoms with Gasteiger partial charge in [-0.2, -0.15) is 4.98 Å². The third kappa shape index (κ3) is 7.01. The molecule has 0 amide bonds. The molecule has 2 aliphatic rings. The van der Waals surface area contributed by atoms with E-state index in [1.54, 1.807) is 0 Å². The van der Waals surface area contributed by atoms with Gasteiger partial charge >= 0.3 is 0 Å². The molecule has 1 aromatic heterocycles. The second kappa shape index (κ2) is 11.9. The van der Waals surface area contributed by atoms with Gasteiger partial charge in [-0.1, -0.05) is 81.4 Å². The van der Waals surface area contributed by atoms with Crippen LogP contribution in [0.5, 0.6) is 11.8 Å². The largest absolute Gasteiger partial charge is 0.473 e. The van der Waals surface area contributed by atoms with E-state index in [4.69, 9.17) is 28.4 Å². The summed E-state index contributed by atoms with van der Waals surface area (Å²) >= 11 is 0. The summed E-state index contributed by atoms with van der Waals surface area (Å²) in [4.78, 5) is 4.84. The van der Waals surface area contributed by atoms with Crippen molar-refractivity contribution in [3.8, 4) is 11.8 Å². The smallest absolute Gasteiger partial charge is 0.221 e. The van der Waals surface area contributed by atoms with Gasteiger partial charge < -0.3 is 28.7 Å². The minimum absolute atomic E-state index is 0.0307. The Hall–Kier alpha value is -2.75. The van der Waals surface area contributed by atoms with Gasteiger partial charge in [-0.15, -0.1) is 0 Å². The maximum Gasteiger partial charge on any atom is 0.221 e. The van der Waals surface area contributed by atoms with Crippen molar-refractivity contribution in [2.45, 2.75) is 96.0 Å². The SMILES string of the molecule is CC1(C)O[C@@H]2[C@H](O1)[C@@H](CO[Si](C)(C)C(C)(C)C)N[C@H]2c1ccc(OCc2ccccc2)nc1OCc1ccccc1. The second-order valence-corrected chi connectivity index (χ2v) is 17.8. The molecular formula is C33H44N2O5Si. The van der Waals surface area contributed by atoms with E-state index in [1.807, 2.05) is 86.6 Å². The first-order chi connectivity index (χ1) is 19.4. The monoisotopic (exact) mass is 576 g/mol. The second-order valence-electron chi connectivity index (χ2n) is 13.0. The Bertz CT molecular complexity index is 1300. The van der Waals surface area contributed by atoms with Gasteiger partial charge in [-0.25, -0.2) is 0 Å². The fraction of sp³-hybridized carbons (Fsp3) is 0.485. The average molecular weight is 577 g/mol. The number of nitrogens with one attached hydrogen (secondary N) is 1. The maximum atomic E-state index is 6.64. The van der Waals surface area contributed by atoms with Crippen LogP contribution in [0.15, 0.2) is 72.8 Å². The minimum atomic E-state index is -1.95. The number of hydrogen-bond donors (Lipinski definition) is 1. The highest BCUT2D eigenvalue weighted by Gasteiger charge is 2.55. The number of hydrogen-bond acceptors (Lipinski definition) is 7. The number of aromatic nitrogens is 1. The summed E-state index contributed by atoms with van der Waals surface area (Å²) in [6.07, 6.45) is -0.370. The van der Waals surface area contributed by atoms with Crippen LogP contribution in [0, 0.1) is 0 Å². The number of ether oxygens (including phenoxy) is 4. The lowest BCUT2D eigenvalue weighted by Crippen LogP contribution is -2.47. The van der Waals surface area contributed by atoms with E-state index in [9.17, 15) is 0 Å². The van der Waals surface area contributed by atoms with Crippen LogP contribution in [0.25, 0.3) is 0 Å². The molecule has 7 nitrogen and oxygen atoms in total. The molecule has 0 unspecified atom stereocenters. The quantitative estimate of drug-likeness (QED) is 0.266. The molecule has 8 heteroatoms. The fourth-order valence-corrected chi connectivity index (χ4v) is 6.08. The molecule has 5 rings (SSSR count). The molecule has 220 valence electrons. The van der Waals surface area contributed by atoms with E-state index in [1.165, 1.54) is 0 Å². The highest BCUT2D eigenvalue weighted by molar-refractivity contribution is 6.74. The predicted octanol–water partition coefficient (Wildman–Crippen LogP) is 6.79. The number of pyridine rings is 1. The topological polar surface area (TPSA) is 71.1 Å². The molecule has 41 heavy (non-hydrogen) atoms. The average Bonchev–Trinajstić information content (AvgIpc) is 3.43. The Balaban J connectivity index is 1.41. The number of fused-ring (bicyclic) bond motifs is 1. The van der Waals surface area contributed by atoms with Crippen molar-refractivity contribution in [1.29, 1.82) is 0 Å². The van der Waals surface area contributed by atoms with Gasteiger partial charge in [0.25, 0.3) is 0 Å². The predicted molar refractivity (Wildman–Crippen MR) is 162 cm³/mol. The highest BCUT2D eigenvalue weighted by atomic mass is 28.4. The van der Waals surface area contributed by atoms with Gasteiger partial charge in [0.1, 0.15) is 25.4 Å². The van der Waals surface area contributed by atoms with Crippen LogP contribution < -0.4 is 14.8 Å². The van der Waals surface area contributed by atoms with Gasteiger partial charge in [-0.3, -0.25) is 0 Å². The Kier molecular flexibility index (Phi) is 8.60. The first-order valence-electron chi connectivity index (χ1n) is 14.5. The molecule has 0 radical (unpaired) electrons. The standard InChI is InChI=1S/C33H44N2O5Si/c1-32(2,3)41(6,7)38-22-26-29-30(40-33(4,5)39-29)28(34-26)25-18-19-27(36-20-23-14-10-8-11-15-23)35-31(25)37-21-24-16-12-9-13-17-24/h8-19,26,28-30,34H,20-22H2,1-7H3/t26-,28+,29-,30+/m1/s1. The summed E-state index contributed by atoms with van der Waals surface area (Å²) in [7, 11) is -1.95. The summed E-state index contributed by atoms with van der Waals surface area (Å²) in [5, 5.41) is 3.89. The zero-order chi connectivity index (χ0) is 29.3. The summed E-state index contributed by atoms with van der Waals surface area (Å²) in [5.74, 6) is 0.342. The molecule has 2 aliphatic heterocycles. The van der Waals surface area contributed by atoms with Gasteiger partial charge in [0.15, 0.2) is 14.1 Å². The zero-order valence-electron chi connectivity index (χ0n) is 25.3. The molecule has 2 aromatic carbocycles. The van der Waals surface area contributed by atoms with E-state index in [2.05, 4.69) is 39.2 Å². The van der Waals surface area contributed by atoms with Gasteiger partial charge in [0.05, 0.1) is 18.7 Å². The van der Waals surface area contributed by atoms with Crippen LogP contribution in [0.2, 0.25) is 18.1 Å². The molecule has 0 bridgehead atoms. The summed E-state index contributed by atoms with van der Waals surface area (Å²) in [6.45, 7) is 16.7. The molecule has 2 saturated heterocycles. The summed E-state index contributed by atoms with van der Waals surface area (Å²) in [5.41, 5.74) is 3.06. The molecule has 3 aromatic rings. The molecule has 0 saturated carbocycles. The molecule has 1 N–H and O–H groups in total. The van der Waals surface area contributed by atoms with E-state index >= 15 is 0 Å². The maximum absolute atomic E-state index is 6.64. The van der Waals surface area contributed by atoms with Crippen LogP contribution in [-0.4, -0.2) is 43.9 Å². The van der Waals surface area contributed by atoms with Gasteiger partial charge in [0.2, 0.25) is 11.8 Å². The van der Waals surface area contributed by atoms with Crippen LogP contribution in [-0.2, 0) is 27.1 Å². The van der Waals surface area contributed by atoms with Gasteiger partial charge in [-0.05, 0) is 49.2 Å². The lowest BCUT2D eigenvalue weighted by atomic mass is 10.0. The lowest BCUT2D eigenvalue weighted by molar-refractivity contribution is -0.157. The first-order valence-corrected chi connectivity index (χ1v) is 17.4. The molecule has 4 atom stereocenters. The number of benzene rings is 2. The van der Waals surface area contributed by atoms with E-state index in [-0.39, 0.29) is 29.3 Å². The lowest BCUT2D eigenvalue weighted by Gasteiger charge is -2.37. The highest BCUT2D eigenvalue weighted by Crippen LogP contribution is 2.45. The van der Waals surface area contributed by atoms with Crippen molar-refractivity contribution >= 4 is 8.32 Å². The van der Waals surface area contributed by atoms with E-state index < -0.39 is 14.1 Å². The van der Waals surface area contributed by atoms with Crippen molar-refractivity contribution in [3.63, 3.8) is 0 Å². The summed E-state index contributed by atoms with van der Waals surface area (Å²) < 4.78 is 32.0. The van der Waals surface area contributed by atoms with Crippen molar-refractivity contribution in [3.05, 3.63) is 89.5 Å². The third-order valence-electron chi connectivity index (χ3n) is 8.36. The normalized spacial score (nSPS) is 23.8. The number of nitrogens with zero attached hydrogens (tertiary/aromatic N) is 1. The fourth-order valence-electron chi connectivity index (χ4n) is 5.06. The molecular weight excluding hydrogens is 532 g/mol. The zero-order valence-corrected chi connectivity index (χ0v) is 26.3. The molecule has 0 aliphatic carbocycles. The summed E-state index contributed by atoms with van der Waals surface area (Å²) in [6, 6.07) is 23.9. The van der Waals surface area contributed by atoms with E-state index in [0.29, 0.717) is 31.6 Å². The Morgan fingerprint density at radius 2 is 1.41 bits per heavy atom. The van der Waals surface area contributed by atoms with Crippen LogP contribution in [0.3, 0.4) is 0 Å². The number of rotatable bonds is 10. The van der Waals surface area contributed by atoms with Crippen LogP contribution in [0.1, 0.15) is 57.4 Å².